The monoisotopic (exact) mass is 220 g/mol. The summed E-state index contributed by atoms with van der Waals surface area (Å²) in [7, 11) is 0. The van der Waals surface area contributed by atoms with Crippen molar-refractivity contribution >= 4 is 11.8 Å². The molecular formula is C12H16N2O2. The number of aromatic nitrogens is 1. The summed E-state index contributed by atoms with van der Waals surface area (Å²) in [6.45, 7) is 4.09. The maximum atomic E-state index is 11.8. The van der Waals surface area contributed by atoms with Crippen molar-refractivity contribution in [3.8, 4) is 0 Å². The lowest BCUT2D eigenvalue weighted by Crippen LogP contribution is -2.14. The van der Waals surface area contributed by atoms with Crippen LogP contribution >= 0.6 is 0 Å². The number of hydrogen-bond acceptors (Lipinski definition) is 4. The van der Waals surface area contributed by atoms with E-state index < -0.39 is 0 Å². The summed E-state index contributed by atoms with van der Waals surface area (Å²) in [4.78, 5) is 16.0. The van der Waals surface area contributed by atoms with E-state index in [0.29, 0.717) is 18.0 Å². The molecule has 2 rings (SSSR count). The number of rotatable bonds is 2. The zero-order valence-corrected chi connectivity index (χ0v) is 9.67. The van der Waals surface area contributed by atoms with Gasteiger partial charge >= 0.3 is 5.97 Å². The van der Waals surface area contributed by atoms with Crippen LogP contribution in [0.2, 0.25) is 0 Å². The van der Waals surface area contributed by atoms with Crippen molar-refractivity contribution in [2.45, 2.75) is 33.1 Å². The molecule has 16 heavy (non-hydrogen) atoms. The first-order chi connectivity index (χ1) is 7.65. The summed E-state index contributed by atoms with van der Waals surface area (Å²) in [6, 6.07) is 0. The molecule has 1 aromatic heterocycles. The van der Waals surface area contributed by atoms with E-state index in [1.807, 2.05) is 6.92 Å². The number of esters is 1. The number of carbonyl (C=O) groups excluding carboxylic acids is 1. The number of anilines is 1. The molecule has 0 fully saturated rings. The number of nitrogen functional groups attached to an aromatic ring is 1. The van der Waals surface area contributed by atoms with E-state index >= 15 is 0 Å². The van der Waals surface area contributed by atoms with Gasteiger partial charge in [-0.3, -0.25) is 0 Å². The molecule has 1 aliphatic rings. The Morgan fingerprint density at radius 3 is 2.81 bits per heavy atom. The number of nitrogens with two attached hydrogens (primary N) is 1. The molecule has 1 aromatic rings. The number of carbonyl (C=O) groups is 1. The van der Waals surface area contributed by atoms with Gasteiger partial charge in [0.25, 0.3) is 0 Å². The molecule has 4 heteroatoms. The Bertz CT molecular complexity index is 441. The van der Waals surface area contributed by atoms with E-state index in [-0.39, 0.29) is 5.97 Å². The first-order valence-corrected chi connectivity index (χ1v) is 5.60. The molecule has 2 N–H and O–H groups in total. The average molecular weight is 220 g/mol. The number of hydrogen-bond donors (Lipinski definition) is 1. The van der Waals surface area contributed by atoms with Crippen LogP contribution in [0.3, 0.4) is 0 Å². The van der Waals surface area contributed by atoms with Crippen LogP contribution in [0, 0.1) is 6.92 Å². The number of pyridine rings is 1. The lowest BCUT2D eigenvalue weighted by atomic mass is 10.0. The molecule has 1 heterocycles. The van der Waals surface area contributed by atoms with Gasteiger partial charge in [-0.25, -0.2) is 9.78 Å². The quantitative estimate of drug-likeness (QED) is 0.769. The van der Waals surface area contributed by atoms with Gasteiger partial charge in [-0.05, 0) is 44.2 Å². The largest absolute Gasteiger partial charge is 0.462 e. The Hall–Kier alpha value is -1.58. The van der Waals surface area contributed by atoms with Crippen LogP contribution in [0.15, 0.2) is 0 Å². The molecule has 0 atom stereocenters. The standard InChI is InChI=1S/C12H16N2O2/c1-3-16-12(15)10-9-6-4-5-8(9)7(2)14-11(10)13/h3-6H2,1-2H3,(H2,13,14). The van der Waals surface area contributed by atoms with Gasteiger partial charge in [-0.2, -0.15) is 0 Å². The van der Waals surface area contributed by atoms with Gasteiger partial charge in [0.2, 0.25) is 0 Å². The molecule has 0 aliphatic heterocycles. The van der Waals surface area contributed by atoms with E-state index in [1.54, 1.807) is 6.92 Å². The smallest absolute Gasteiger partial charge is 0.342 e. The molecule has 0 bridgehead atoms. The molecule has 0 saturated carbocycles. The fraction of sp³-hybridized carbons (Fsp3) is 0.500. The first-order valence-electron chi connectivity index (χ1n) is 5.60. The lowest BCUT2D eigenvalue weighted by Gasteiger charge is -2.11. The van der Waals surface area contributed by atoms with Gasteiger partial charge in [0.05, 0.1) is 6.61 Å². The number of fused-ring (bicyclic) bond motifs is 1. The Kier molecular flexibility index (Phi) is 2.81. The Morgan fingerprint density at radius 2 is 2.12 bits per heavy atom. The second kappa shape index (κ2) is 4.12. The molecule has 0 unspecified atom stereocenters. The van der Waals surface area contributed by atoms with Crippen molar-refractivity contribution in [2.75, 3.05) is 12.3 Å². The molecule has 0 spiro atoms. The molecule has 0 aromatic carbocycles. The minimum Gasteiger partial charge on any atom is -0.462 e. The third-order valence-electron chi connectivity index (χ3n) is 2.98. The summed E-state index contributed by atoms with van der Waals surface area (Å²) in [5.41, 5.74) is 9.47. The van der Waals surface area contributed by atoms with Crippen LogP contribution < -0.4 is 5.73 Å². The number of nitrogens with zero attached hydrogens (tertiary/aromatic N) is 1. The highest BCUT2D eigenvalue weighted by Crippen LogP contribution is 2.30. The van der Waals surface area contributed by atoms with Crippen LogP contribution in [0.4, 0.5) is 5.82 Å². The predicted octanol–water partition coefficient (Wildman–Crippen LogP) is 1.64. The van der Waals surface area contributed by atoms with E-state index in [1.165, 1.54) is 5.56 Å². The molecule has 0 saturated heterocycles. The van der Waals surface area contributed by atoms with Gasteiger partial charge in [0.1, 0.15) is 11.4 Å². The molecule has 86 valence electrons. The lowest BCUT2D eigenvalue weighted by molar-refractivity contribution is 0.0526. The summed E-state index contributed by atoms with van der Waals surface area (Å²) in [6.07, 6.45) is 2.95. The highest BCUT2D eigenvalue weighted by atomic mass is 16.5. The molecule has 0 amide bonds. The Balaban J connectivity index is 2.53. The van der Waals surface area contributed by atoms with Crippen LogP contribution in [0.1, 0.15) is 40.5 Å². The summed E-state index contributed by atoms with van der Waals surface area (Å²) >= 11 is 0. The average Bonchev–Trinajstić information content (AvgIpc) is 2.66. The Labute approximate surface area is 94.8 Å². The van der Waals surface area contributed by atoms with E-state index in [9.17, 15) is 4.79 Å². The first kappa shape index (κ1) is 10.9. The second-order valence-electron chi connectivity index (χ2n) is 3.99. The van der Waals surface area contributed by atoms with Gasteiger partial charge in [-0.15, -0.1) is 0 Å². The number of aryl methyl sites for hydroxylation is 1. The summed E-state index contributed by atoms with van der Waals surface area (Å²) < 4.78 is 5.01. The maximum Gasteiger partial charge on any atom is 0.342 e. The number of ether oxygens (including phenoxy) is 1. The van der Waals surface area contributed by atoms with Gasteiger partial charge in [0, 0.05) is 5.69 Å². The van der Waals surface area contributed by atoms with Crippen LogP contribution in [0.5, 0.6) is 0 Å². The predicted molar refractivity (Wildman–Crippen MR) is 61.4 cm³/mol. The zero-order chi connectivity index (χ0) is 11.7. The summed E-state index contributed by atoms with van der Waals surface area (Å²) in [5.74, 6) is -0.0396. The Morgan fingerprint density at radius 1 is 1.44 bits per heavy atom. The van der Waals surface area contributed by atoms with Crippen molar-refractivity contribution < 1.29 is 9.53 Å². The zero-order valence-electron chi connectivity index (χ0n) is 9.67. The molecule has 4 nitrogen and oxygen atoms in total. The van der Waals surface area contributed by atoms with Gasteiger partial charge in [-0.1, -0.05) is 0 Å². The van der Waals surface area contributed by atoms with Crippen molar-refractivity contribution in [2.24, 2.45) is 0 Å². The topological polar surface area (TPSA) is 65.2 Å². The van der Waals surface area contributed by atoms with Crippen molar-refractivity contribution in [3.63, 3.8) is 0 Å². The minimum atomic E-state index is -0.342. The minimum absolute atomic E-state index is 0.302. The van der Waals surface area contributed by atoms with Crippen LogP contribution in [0.25, 0.3) is 0 Å². The fourth-order valence-corrected chi connectivity index (χ4v) is 2.31. The summed E-state index contributed by atoms with van der Waals surface area (Å²) in [5, 5.41) is 0. The van der Waals surface area contributed by atoms with Crippen LogP contribution in [-0.4, -0.2) is 17.6 Å². The van der Waals surface area contributed by atoms with Crippen molar-refractivity contribution in [1.82, 2.24) is 4.98 Å². The third-order valence-corrected chi connectivity index (χ3v) is 2.98. The van der Waals surface area contributed by atoms with Crippen molar-refractivity contribution in [3.05, 3.63) is 22.4 Å². The normalized spacial score (nSPS) is 13.6. The van der Waals surface area contributed by atoms with E-state index in [4.69, 9.17) is 10.5 Å². The van der Waals surface area contributed by atoms with Gasteiger partial charge < -0.3 is 10.5 Å². The van der Waals surface area contributed by atoms with Crippen molar-refractivity contribution in [1.29, 1.82) is 0 Å². The third kappa shape index (κ3) is 1.64. The SMILES string of the molecule is CCOC(=O)c1c(N)nc(C)c2c1CCC2. The molecule has 0 radical (unpaired) electrons. The maximum absolute atomic E-state index is 11.8. The highest BCUT2D eigenvalue weighted by molar-refractivity contribution is 5.96. The fourth-order valence-electron chi connectivity index (χ4n) is 2.31. The second-order valence-corrected chi connectivity index (χ2v) is 3.99. The highest BCUT2D eigenvalue weighted by Gasteiger charge is 2.25. The van der Waals surface area contributed by atoms with E-state index in [2.05, 4.69) is 4.98 Å². The molecule has 1 aliphatic carbocycles. The van der Waals surface area contributed by atoms with Gasteiger partial charge in [0.15, 0.2) is 0 Å². The van der Waals surface area contributed by atoms with Crippen LogP contribution in [-0.2, 0) is 17.6 Å². The van der Waals surface area contributed by atoms with E-state index in [0.717, 1.165) is 30.5 Å². The molecular weight excluding hydrogens is 204 g/mol.